The van der Waals surface area contributed by atoms with E-state index in [9.17, 15) is 24.0 Å². The van der Waals surface area contributed by atoms with Crippen molar-refractivity contribution in [2.24, 2.45) is 5.92 Å². The van der Waals surface area contributed by atoms with Crippen LogP contribution in [0.4, 0.5) is 0 Å². The van der Waals surface area contributed by atoms with Gasteiger partial charge < -0.3 is 15.7 Å². The number of carbonyl (C=O) groups excluding carboxylic acids is 4. The molecule has 1 heterocycles. The monoisotopic (exact) mass is 381 g/mol. The van der Waals surface area contributed by atoms with E-state index in [4.69, 9.17) is 5.11 Å². The predicted octanol–water partition coefficient (Wildman–Crippen LogP) is 0.202. The van der Waals surface area contributed by atoms with Crippen molar-refractivity contribution in [3.8, 4) is 0 Å². The van der Waals surface area contributed by atoms with Crippen molar-refractivity contribution in [3.63, 3.8) is 0 Å². The zero-order chi connectivity index (χ0) is 20.6. The lowest BCUT2D eigenvalue weighted by molar-refractivity contribution is -0.142. The maximum absolute atomic E-state index is 12.2. The van der Waals surface area contributed by atoms with E-state index >= 15 is 0 Å². The van der Waals surface area contributed by atoms with Crippen molar-refractivity contribution < 1.29 is 29.1 Å². The lowest BCUT2D eigenvalue weighted by Gasteiger charge is -2.23. The van der Waals surface area contributed by atoms with Crippen molar-refractivity contribution >= 4 is 29.6 Å². The second-order valence-electron chi connectivity index (χ2n) is 6.83. The molecule has 1 rings (SSSR count). The number of unbranched alkanes of at least 4 members (excludes halogenated alkanes) is 2. The molecule has 1 aliphatic rings. The smallest absolute Gasteiger partial charge is 0.325 e. The number of nitrogens with one attached hydrogen (secondary N) is 2. The van der Waals surface area contributed by atoms with Crippen molar-refractivity contribution in [1.82, 2.24) is 15.5 Å². The summed E-state index contributed by atoms with van der Waals surface area (Å²) in [6.45, 7) is 5.18. The Kier molecular flexibility index (Phi) is 8.64. The molecule has 0 aromatic heterocycles. The number of aliphatic carboxylic acids is 1. The highest BCUT2D eigenvalue weighted by Gasteiger charge is 2.26. The van der Waals surface area contributed by atoms with Crippen LogP contribution >= 0.6 is 0 Å². The number of hydrogen-bond acceptors (Lipinski definition) is 5. The van der Waals surface area contributed by atoms with E-state index in [1.54, 1.807) is 13.8 Å². The summed E-state index contributed by atoms with van der Waals surface area (Å²) in [6, 6.07) is -1.86. The highest BCUT2D eigenvalue weighted by atomic mass is 16.4. The summed E-state index contributed by atoms with van der Waals surface area (Å²) in [5.41, 5.74) is 0. The second kappa shape index (κ2) is 10.4. The molecule has 0 aliphatic carbocycles. The van der Waals surface area contributed by atoms with Crippen LogP contribution < -0.4 is 10.6 Å². The van der Waals surface area contributed by atoms with E-state index in [1.807, 2.05) is 0 Å². The van der Waals surface area contributed by atoms with Crippen LogP contribution in [-0.2, 0) is 24.0 Å². The topological polar surface area (TPSA) is 133 Å². The fraction of sp³-hybridized carbons (Fsp3) is 0.611. The summed E-state index contributed by atoms with van der Waals surface area (Å²) in [4.78, 5) is 59.0. The first kappa shape index (κ1) is 22.3. The van der Waals surface area contributed by atoms with Crippen molar-refractivity contribution in [2.75, 3.05) is 6.54 Å². The summed E-state index contributed by atoms with van der Waals surface area (Å²) in [5, 5.41) is 13.8. The molecule has 0 spiro atoms. The van der Waals surface area contributed by atoms with Gasteiger partial charge in [0, 0.05) is 25.1 Å². The Hall–Kier alpha value is -2.71. The molecule has 9 heteroatoms. The Morgan fingerprint density at radius 1 is 1.00 bits per heavy atom. The van der Waals surface area contributed by atoms with E-state index in [0.29, 0.717) is 25.8 Å². The van der Waals surface area contributed by atoms with Crippen molar-refractivity contribution in [3.05, 3.63) is 12.2 Å². The highest BCUT2D eigenvalue weighted by Crippen LogP contribution is 2.08. The largest absolute Gasteiger partial charge is 0.480 e. The zero-order valence-corrected chi connectivity index (χ0v) is 15.9. The number of nitrogens with zero attached hydrogens (tertiary/aromatic N) is 1. The third kappa shape index (κ3) is 7.20. The molecule has 27 heavy (non-hydrogen) atoms. The van der Waals surface area contributed by atoms with Gasteiger partial charge in [0.25, 0.3) is 11.8 Å². The Morgan fingerprint density at radius 3 is 2.11 bits per heavy atom. The van der Waals surface area contributed by atoms with Crippen LogP contribution in [0.25, 0.3) is 0 Å². The first-order chi connectivity index (χ1) is 12.6. The molecule has 1 aliphatic heterocycles. The summed E-state index contributed by atoms with van der Waals surface area (Å²) in [6.07, 6.45) is 4.46. The van der Waals surface area contributed by atoms with Crippen LogP contribution in [0.1, 0.15) is 46.5 Å². The minimum absolute atomic E-state index is 0.199. The quantitative estimate of drug-likeness (QED) is 0.346. The lowest BCUT2D eigenvalue weighted by atomic mass is 10.0. The fourth-order valence-corrected chi connectivity index (χ4v) is 2.53. The van der Waals surface area contributed by atoms with E-state index in [1.165, 1.54) is 19.1 Å². The van der Waals surface area contributed by atoms with Gasteiger partial charge in [-0.1, -0.05) is 20.3 Å². The minimum Gasteiger partial charge on any atom is -0.480 e. The van der Waals surface area contributed by atoms with Gasteiger partial charge >= 0.3 is 5.97 Å². The first-order valence-corrected chi connectivity index (χ1v) is 8.99. The minimum atomic E-state index is -1.15. The molecule has 3 N–H and O–H groups in total. The number of carboxylic acids is 1. The number of amides is 4. The molecular formula is C18H27N3O6. The van der Waals surface area contributed by atoms with Crippen LogP contribution in [0.15, 0.2) is 12.2 Å². The van der Waals surface area contributed by atoms with E-state index in [2.05, 4.69) is 10.6 Å². The Bertz CT molecular complexity index is 611. The molecule has 4 amide bonds. The molecular weight excluding hydrogens is 354 g/mol. The Labute approximate surface area is 158 Å². The van der Waals surface area contributed by atoms with Crippen LogP contribution in [0.3, 0.4) is 0 Å². The number of carbonyl (C=O) groups is 5. The summed E-state index contributed by atoms with van der Waals surface area (Å²) >= 11 is 0. The first-order valence-electron chi connectivity index (χ1n) is 8.99. The van der Waals surface area contributed by atoms with Gasteiger partial charge in [0.1, 0.15) is 12.1 Å². The van der Waals surface area contributed by atoms with Gasteiger partial charge in [0.2, 0.25) is 11.8 Å². The average molecular weight is 381 g/mol. The van der Waals surface area contributed by atoms with Crippen molar-refractivity contribution in [2.45, 2.75) is 58.5 Å². The maximum atomic E-state index is 12.2. The number of rotatable bonds is 11. The molecule has 0 aromatic carbocycles. The molecule has 2 atom stereocenters. The zero-order valence-electron chi connectivity index (χ0n) is 15.9. The van der Waals surface area contributed by atoms with Gasteiger partial charge in [0.05, 0.1) is 0 Å². The molecule has 9 nitrogen and oxygen atoms in total. The third-order valence-corrected chi connectivity index (χ3v) is 4.18. The second-order valence-corrected chi connectivity index (χ2v) is 6.83. The van der Waals surface area contributed by atoms with Gasteiger partial charge in [-0.25, -0.2) is 0 Å². The normalized spacial score (nSPS) is 15.8. The Balaban J connectivity index is 2.33. The number of carboxylic acid groups (broad SMARTS) is 1. The predicted molar refractivity (Wildman–Crippen MR) is 96.3 cm³/mol. The van der Waals surface area contributed by atoms with Gasteiger partial charge in [0.15, 0.2) is 0 Å². The van der Waals surface area contributed by atoms with E-state index in [-0.39, 0.29) is 30.1 Å². The van der Waals surface area contributed by atoms with Gasteiger partial charge in [-0.05, 0) is 25.7 Å². The molecule has 0 radical (unpaired) electrons. The molecule has 0 aromatic rings. The third-order valence-electron chi connectivity index (χ3n) is 4.18. The Morgan fingerprint density at radius 2 is 1.59 bits per heavy atom. The van der Waals surface area contributed by atoms with Gasteiger partial charge in [-0.15, -0.1) is 0 Å². The molecule has 150 valence electrons. The highest BCUT2D eigenvalue weighted by molar-refractivity contribution is 6.12. The van der Waals surface area contributed by atoms with Crippen molar-refractivity contribution in [1.29, 1.82) is 0 Å². The van der Waals surface area contributed by atoms with Gasteiger partial charge in [-0.2, -0.15) is 0 Å². The molecule has 0 saturated carbocycles. The number of imide groups is 1. The molecule has 1 unspecified atom stereocenters. The van der Waals surface area contributed by atoms with E-state index < -0.39 is 24.0 Å². The average Bonchev–Trinajstić information content (AvgIpc) is 2.90. The van der Waals surface area contributed by atoms with E-state index in [0.717, 1.165) is 4.90 Å². The van der Waals surface area contributed by atoms with Crippen LogP contribution in [0, 0.1) is 5.92 Å². The van der Waals surface area contributed by atoms with Crippen LogP contribution in [-0.4, -0.2) is 58.2 Å². The summed E-state index contributed by atoms with van der Waals surface area (Å²) < 4.78 is 0. The SMILES string of the molecule is CC(NC(=O)[C@@H](NC(=O)CCCCCN1C(=O)C=CC1=O)C(C)C)C(=O)O. The lowest BCUT2D eigenvalue weighted by Crippen LogP contribution is -2.53. The summed E-state index contributed by atoms with van der Waals surface area (Å²) in [5.74, 6) is -2.83. The summed E-state index contributed by atoms with van der Waals surface area (Å²) in [7, 11) is 0. The van der Waals surface area contributed by atoms with Crippen LogP contribution in [0.2, 0.25) is 0 Å². The maximum Gasteiger partial charge on any atom is 0.325 e. The molecule has 0 bridgehead atoms. The standard InChI is InChI=1S/C18H27N3O6/c1-11(2)16(17(25)19-12(3)18(26)27)20-13(22)7-5-4-6-10-21-14(23)8-9-15(21)24/h8-9,11-12,16H,4-7,10H2,1-3H3,(H,19,25)(H,20,22)(H,26,27)/t12?,16-/m0/s1. The van der Waals surface area contributed by atoms with Gasteiger partial charge in [-0.3, -0.25) is 28.9 Å². The fourth-order valence-electron chi connectivity index (χ4n) is 2.53. The number of hydrogen-bond donors (Lipinski definition) is 3. The molecule has 0 saturated heterocycles. The van der Waals surface area contributed by atoms with Crippen LogP contribution in [0.5, 0.6) is 0 Å². The molecule has 0 fully saturated rings.